The van der Waals surface area contributed by atoms with Crippen LogP contribution >= 0.6 is 0 Å². The molecule has 2 rings (SSSR count). The fraction of sp³-hybridized carbons (Fsp3) is 0.500. The highest BCUT2D eigenvalue weighted by Gasteiger charge is 2.38. The predicted molar refractivity (Wildman–Crippen MR) is 68.2 cm³/mol. The van der Waals surface area contributed by atoms with Crippen LogP contribution in [0.2, 0.25) is 0 Å². The van der Waals surface area contributed by atoms with E-state index in [0.717, 1.165) is 12.5 Å². The van der Waals surface area contributed by atoms with E-state index < -0.39 is 17.3 Å². The zero-order valence-corrected chi connectivity index (χ0v) is 11.2. The largest absolute Gasteiger partial charge is 0.417 e. The summed E-state index contributed by atoms with van der Waals surface area (Å²) >= 11 is 0. The van der Waals surface area contributed by atoms with Gasteiger partial charge in [-0.2, -0.15) is 18.4 Å². The van der Waals surface area contributed by atoms with Crippen LogP contribution in [0.5, 0.6) is 0 Å². The number of rotatable bonds is 2. The second-order valence-corrected chi connectivity index (χ2v) is 5.18. The maximum absolute atomic E-state index is 12.9. The van der Waals surface area contributed by atoms with E-state index in [1.165, 1.54) is 12.1 Å². The van der Waals surface area contributed by atoms with Crippen LogP contribution in [0.3, 0.4) is 0 Å². The number of anilines is 1. The summed E-state index contributed by atoms with van der Waals surface area (Å²) in [6, 6.07) is 5.23. The summed E-state index contributed by atoms with van der Waals surface area (Å²) in [7, 11) is 0. The summed E-state index contributed by atoms with van der Waals surface area (Å²) < 4.78 is 44.1. The van der Waals surface area contributed by atoms with Crippen molar-refractivity contribution in [2.75, 3.05) is 11.9 Å². The highest BCUT2D eigenvalue weighted by molar-refractivity contribution is 5.54. The molecule has 1 heterocycles. The topological polar surface area (TPSA) is 45.0 Å². The minimum Gasteiger partial charge on any atom is -0.377 e. The zero-order chi connectivity index (χ0) is 15.0. The molecular weight excluding hydrogens is 269 g/mol. The van der Waals surface area contributed by atoms with Crippen LogP contribution in [0.15, 0.2) is 18.2 Å². The molecule has 0 saturated carbocycles. The lowest BCUT2D eigenvalue weighted by Gasteiger charge is -2.30. The summed E-state index contributed by atoms with van der Waals surface area (Å²) in [5.41, 5.74) is -1.35. The van der Waals surface area contributed by atoms with Crippen molar-refractivity contribution in [1.29, 1.82) is 5.26 Å². The van der Waals surface area contributed by atoms with E-state index in [-0.39, 0.29) is 11.7 Å². The van der Waals surface area contributed by atoms with E-state index in [0.29, 0.717) is 12.3 Å². The molecule has 0 radical (unpaired) electrons. The Hall–Kier alpha value is -1.74. The van der Waals surface area contributed by atoms with Gasteiger partial charge in [-0.25, -0.2) is 0 Å². The lowest BCUT2D eigenvalue weighted by molar-refractivity contribution is -0.137. The molecule has 1 fully saturated rings. The third-order valence-corrected chi connectivity index (χ3v) is 3.76. The van der Waals surface area contributed by atoms with Crippen LogP contribution in [-0.2, 0) is 10.9 Å². The monoisotopic (exact) mass is 284 g/mol. The van der Waals surface area contributed by atoms with E-state index in [1.54, 1.807) is 6.07 Å². The Kier molecular flexibility index (Phi) is 3.65. The first-order chi connectivity index (χ1) is 9.26. The summed E-state index contributed by atoms with van der Waals surface area (Å²) in [6.07, 6.45) is -3.91. The van der Waals surface area contributed by atoms with Gasteiger partial charge in [-0.1, -0.05) is 0 Å². The molecule has 3 nitrogen and oxygen atoms in total. The average molecular weight is 284 g/mol. The van der Waals surface area contributed by atoms with E-state index in [2.05, 4.69) is 5.32 Å². The van der Waals surface area contributed by atoms with Gasteiger partial charge in [0, 0.05) is 12.3 Å². The molecule has 6 heteroatoms. The Morgan fingerprint density at radius 2 is 2.15 bits per heavy atom. The standard InChI is InChI=1S/C14H15F3N2O/c1-9-13(2,5-6-20-9)19-11-4-3-10(8-18)12(7-11)14(15,16)17/h3-4,7,9,19H,5-6H2,1-2H3. The molecule has 20 heavy (non-hydrogen) atoms. The summed E-state index contributed by atoms with van der Waals surface area (Å²) in [4.78, 5) is 0. The van der Waals surface area contributed by atoms with Crippen molar-refractivity contribution in [2.24, 2.45) is 0 Å². The molecule has 1 aliphatic rings. The maximum atomic E-state index is 12.9. The smallest absolute Gasteiger partial charge is 0.377 e. The van der Waals surface area contributed by atoms with Crippen LogP contribution in [0.1, 0.15) is 31.4 Å². The third-order valence-electron chi connectivity index (χ3n) is 3.76. The number of nitriles is 1. The van der Waals surface area contributed by atoms with Crippen molar-refractivity contribution in [3.63, 3.8) is 0 Å². The summed E-state index contributed by atoms with van der Waals surface area (Å²) in [5, 5.41) is 11.9. The van der Waals surface area contributed by atoms with Crippen LogP contribution in [-0.4, -0.2) is 18.2 Å². The van der Waals surface area contributed by atoms with Gasteiger partial charge in [-0.3, -0.25) is 0 Å². The summed E-state index contributed by atoms with van der Waals surface area (Å²) in [6.45, 7) is 4.37. The molecule has 0 bridgehead atoms. The number of alkyl halides is 3. The molecule has 1 aliphatic heterocycles. The average Bonchev–Trinajstić information content (AvgIpc) is 2.68. The molecule has 2 unspecified atom stereocenters. The molecule has 0 amide bonds. The van der Waals surface area contributed by atoms with Crippen LogP contribution in [0.25, 0.3) is 0 Å². The van der Waals surface area contributed by atoms with Crippen molar-refractivity contribution in [3.05, 3.63) is 29.3 Å². The first-order valence-corrected chi connectivity index (χ1v) is 6.27. The molecule has 1 N–H and O–H groups in total. The molecule has 108 valence electrons. The van der Waals surface area contributed by atoms with Crippen molar-refractivity contribution >= 4 is 5.69 Å². The van der Waals surface area contributed by atoms with Gasteiger partial charge >= 0.3 is 6.18 Å². The molecule has 0 spiro atoms. The fourth-order valence-corrected chi connectivity index (χ4v) is 2.28. The molecule has 1 aromatic rings. The Morgan fingerprint density at radius 3 is 2.65 bits per heavy atom. The molecular formula is C14H15F3N2O. The predicted octanol–water partition coefficient (Wildman–Crippen LogP) is 3.56. The minimum atomic E-state index is -4.54. The SMILES string of the molecule is CC1OCCC1(C)Nc1ccc(C#N)c(C(F)(F)F)c1. The number of hydrogen-bond acceptors (Lipinski definition) is 3. The Morgan fingerprint density at radius 1 is 1.45 bits per heavy atom. The number of nitrogens with zero attached hydrogens (tertiary/aromatic N) is 1. The molecule has 1 saturated heterocycles. The third kappa shape index (κ3) is 2.73. The van der Waals surface area contributed by atoms with E-state index in [4.69, 9.17) is 10.00 Å². The fourth-order valence-electron chi connectivity index (χ4n) is 2.28. The number of nitrogens with one attached hydrogen (secondary N) is 1. The Bertz CT molecular complexity index is 550. The number of hydrogen-bond donors (Lipinski definition) is 1. The molecule has 1 aromatic carbocycles. The number of halogens is 3. The van der Waals surface area contributed by atoms with Crippen molar-refractivity contribution < 1.29 is 17.9 Å². The molecule has 2 atom stereocenters. The Balaban J connectivity index is 2.33. The van der Waals surface area contributed by atoms with Gasteiger partial charge in [0.25, 0.3) is 0 Å². The van der Waals surface area contributed by atoms with Crippen LogP contribution in [0.4, 0.5) is 18.9 Å². The van der Waals surface area contributed by atoms with Crippen molar-refractivity contribution in [3.8, 4) is 6.07 Å². The molecule has 0 aliphatic carbocycles. The van der Waals surface area contributed by atoms with E-state index >= 15 is 0 Å². The second kappa shape index (κ2) is 4.98. The molecule has 0 aromatic heterocycles. The maximum Gasteiger partial charge on any atom is 0.417 e. The lowest BCUT2D eigenvalue weighted by atomic mass is 9.94. The number of benzene rings is 1. The lowest BCUT2D eigenvalue weighted by Crippen LogP contribution is -2.41. The van der Waals surface area contributed by atoms with Gasteiger partial charge in [0.05, 0.1) is 28.8 Å². The van der Waals surface area contributed by atoms with E-state index in [9.17, 15) is 13.2 Å². The summed E-state index contributed by atoms with van der Waals surface area (Å²) in [5.74, 6) is 0. The second-order valence-electron chi connectivity index (χ2n) is 5.18. The highest BCUT2D eigenvalue weighted by atomic mass is 19.4. The van der Waals surface area contributed by atoms with Gasteiger partial charge in [0.2, 0.25) is 0 Å². The quantitative estimate of drug-likeness (QED) is 0.903. The van der Waals surface area contributed by atoms with Gasteiger partial charge in [0.1, 0.15) is 0 Å². The van der Waals surface area contributed by atoms with Gasteiger partial charge in [-0.05, 0) is 38.5 Å². The minimum absolute atomic E-state index is 0.0903. The van der Waals surface area contributed by atoms with Crippen LogP contribution < -0.4 is 5.32 Å². The number of ether oxygens (including phenoxy) is 1. The van der Waals surface area contributed by atoms with Crippen molar-refractivity contribution in [2.45, 2.75) is 38.1 Å². The zero-order valence-electron chi connectivity index (χ0n) is 11.2. The van der Waals surface area contributed by atoms with Gasteiger partial charge in [0.15, 0.2) is 0 Å². The van der Waals surface area contributed by atoms with Crippen molar-refractivity contribution in [1.82, 2.24) is 0 Å². The normalized spacial score (nSPS) is 26.3. The van der Waals surface area contributed by atoms with E-state index in [1.807, 2.05) is 13.8 Å². The Labute approximate surface area is 115 Å². The first kappa shape index (κ1) is 14.7. The highest BCUT2D eigenvalue weighted by Crippen LogP contribution is 2.35. The van der Waals surface area contributed by atoms with Gasteiger partial charge in [-0.15, -0.1) is 0 Å². The first-order valence-electron chi connectivity index (χ1n) is 6.27. The van der Waals surface area contributed by atoms with Crippen LogP contribution in [0, 0.1) is 11.3 Å². The van der Waals surface area contributed by atoms with Gasteiger partial charge < -0.3 is 10.1 Å².